The molecule has 1 atom stereocenters. The Labute approximate surface area is 163 Å². The van der Waals surface area contributed by atoms with Crippen molar-refractivity contribution in [1.29, 1.82) is 0 Å². The third-order valence-corrected chi connectivity index (χ3v) is 6.06. The molecular formula is C20H31NO5S. The standard InChI is InChI=1S/C20H31NO5S/c1-8-17(12-26-20(22)25-7)11-18(13(2)3)21-27(23,24)19-15(5)9-14(4)10-16(19)6/h9-11,13,18,21H,8,12H2,1-7H3/b17-11+/t18-/m1/s1. The van der Waals surface area contributed by atoms with Gasteiger partial charge in [-0.05, 0) is 49.8 Å². The first-order valence-corrected chi connectivity index (χ1v) is 10.5. The molecule has 1 aromatic carbocycles. The Morgan fingerprint density at radius 1 is 1.19 bits per heavy atom. The molecular weight excluding hydrogens is 366 g/mol. The Balaban J connectivity index is 3.15. The normalized spacial score (nSPS) is 13.6. The van der Waals surface area contributed by atoms with Gasteiger partial charge in [-0.2, -0.15) is 0 Å². The van der Waals surface area contributed by atoms with E-state index >= 15 is 0 Å². The molecule has 0 aliphatic rings. The molecule has 0 amide bonds. The number of aryl methyl sites for hydroxylation is 3. The van der Waals surface area contributed by atoms with Crippen LogP contribution in [0, 0.1) is 26.7 Å². The molecule has 0 fully saturated rings. The number of benzene rings is 1. The van der Waals surface area contributed by atoms with Crippen LogP contribution in [0.3, 0.4) is 0 Å². The predicted molar refractivity (Wildman–Crippen MR) is 106 cm³/mol. The number of carbonyl (C=O) groups excluding carboxylic acids is 1. The molecule has 1 aromatic rings. The van der Waals surface area contributed by atoms with Gasteiger partial charge in [0.2, 0.25) is 10.0 Å². The van der Waals surface area contributed by atoms with Gasteiger partial charge in [0.05, 0.1) is 12.0 Å². The van der Waals surface area contributed by atoms with Gasteiger partial charge in [0.1, 0.15) is 6.61 Å². The van der Waals surface area contributed by atoms with E-state index in [0.717, 1.165) is 22.3 Å². The zero-order valence-corrected chi connectivity index (χ0v) is 18.1. The fraction of sp³-hybridized carbons (Fsp3) is 0.550. The van der Waals surface area contributed by atoms with E-state index in [1.165, 1.54) is 7.11 Å². The van der Waals surface area contributed by atoms with Crippen molar-refractivity contribution in [3.63, 3.8) is 0 Å². The topological polar surface area (TPSA) is 81.7 Å². The predicted octanol–water partition coefficient (Wildman–Crippen LogP) is 4.03. The van der Waals surface area contributed by atoms with Gasteiger partial charge >= 0.3 is 6.16 Å². The average Bonchev–Trinajstić information content (AvgIpc) is 2.55. The largest absolute Gasteiger partial charge is 0.508 e. The molecule has 0 aliphatic carbocycles. The lowest BCUT2D eigenvalue weighted by atomic mass is 10.0. The van der Waals surface area contributed by atoms with Crippen molar-refractivity contribution in [2.45, 2.75) is 58.9 Å². The van der Waals surface area contributed by atoms with Gasteiger partial charge in [0.15, 0.2) is 0 Å². The fourth-order valence-electron chi connectivity index (χ4n) is 2.92. The molecule has 7 heteroatoms. The number of hydrogen-bond acceptors (Lipinski definition) is 5. The maximum atomic E-state index is 13.0. The summed E-state index contributed by atoms with van der Waals surface area (Å²) >= 11 is 0. The average molecular weight is 398 g/mol. The second-order valence-electron chi connectivity index (χ2n) is 7.04. The number of sulfonamides is 1. The maximum absolute atomic E-state index is 13.0. The van der Waals surface area contributed by atoms with E-state index in [-0.39, 0.29) is 12.5 Å². The molecule has 0 radical (unpaired) electrons. The molecule has 1 N–H and O–H groups in total. The van der Waals surface area contributed by atoms with Crippen molar-refractivity contribution in [1.82, 2.24) is 4.72 Å². The SMILES string of the molecule is CC/C(=C\[C@@H](NS(=O)(=O)c1c(C)cc(C)cc1C)C(C)C)COC(=O)OC. The molecule has 27 heavy (non-hydrogen) atoms. The highest BCUT2D eigenvalue weighted by atomic mass is 32.2. The Morgan fingerprint density at radius 3 is 2.19 bits per heavy atom. The molecule has 0 spiro atoms. The van der Waals surface area contributed by atoms with Gasteiger partial charge in [-0.3, -0.25) is 0 Å². The van der Waals surface area contributed by atoms with E-state index in [9.17, 15) is 13.2 Å². The molecule has 1 rings (SSSR count). The van der Waals surface area contributed by atoms with Gasteiger partial charge in [-0.1, -0.05) is 44.5 Å². The van der Waals surface area contributed by atoms with E-state index < -0.39 is 22.2 Å². The number of carbonyl (C=O) groups is 1. The van der Waals surface area contributed by atoms with Crippen LogP contribution < -0.4 is 4.72 Å². The van der Waals surface area contributed by atoms with E-state index in [0.29, 0.717) is 11.3 Å². The highest BCUT2D eigenvalue weighted by Crippen LogP contribution is 2.23. The van der Waals surface area contributed by atoms with Crippen LogP contribution in [-0.4, -0.2) is 34.3 Å². The summed E-state index contributed by atoms with van der Waals surface area (Å²) in [5.74, 6) is 0.0190. The number of rotatable bonds is 8. The minimum absolute atomic E-state index is 0.0190. The van der Waals surface area contributed by atoms with Gasteiger partial charge in [0, 0.05) is 6.04 Å². The lowest BCUT2D eigenvalue weighted by molar-refractivity contribution is 0.0793. The van der Waals surface area contributed by atoms with Crippen LogP contribution in [0.15, 0.2) is 28.7 Å². The highest BCUT2D eigenvalue weighted by Gasteiger charge is 2.25. The number of ether oxygens (including phenoxy) is 2. The summed E-state index contributed by atoms with van der Waals surface area (Å²) in [6, 6.07) is 3.30. The first-order chi connectivity index (χ1) is 12.5. The second-order valence-corrected chi connectivity index (χ2v) is 8.69. The van der Waals surface area contributed by atoms with Gasteiger partial charge in [-0.15, -0.1) is 0 Å². The first-order valence-electron chi connectivity index (χ1n) is 9.02. The van der Waals surface area contributed by atoms with Gasteiger partial charge < -0.3 is 9.47 Å². The van der Waals surface area contributed by atoms with E-state index in [4.69, 9.17) is 4.74 Å². The maximum Gasteiger partial charge on any atom is 0.508 e. The molecule has 152 valence electrons. The summed E-state index contributed by atoms with van der Waals surface area (Å²) in [5.41, 5.74) is 3.28. The van der Waals surface area contributed by atoms with Crippen LogP contribution in [0.4, 0.5) is 4.79 Å². The molecule has 6 nitrogen and oxygen atoms in total. The molecule has 0 aromatic heterocycles. The Kier molecular flexibility index (Phi) is 8.50. The van der Waals surface area contributed by atoms with Crippen molar-refractivity contribution < 1.29 is 22.7 Å². The Morgan fingerprint density at radius 2 is 1.74 bits per heavy atom. The first kappa shape index (κ1) is 23.2. The smallest absolute Gasteiger partial charge is 0.438 e. The minimum atomic E-state index is -3.70. The third kappa shape index (κ3) is 6.66. The van der Waals surface area contributed by atoms with Crippen LogP contribution in [0.2, 0.25) is 0 Å². The zero-order chi connectivity index (χ0) is 20.8. The van der Waals surface area contributed by atoms with Crippen molar-refractivity contribution in [2.75, 3.05) is 13.7 Å². The van der Waals surface area contributed by atoms with Crippen molar-refractivity contribution in [3.05, 3.63) is 40.5 Å². The van der Waals surface area contributed by atoms with Crippen LogP contribution >= 0.6 is 0 Å². The number of hydrogen-bond donors (Lipinski definition) is 1. The Hall–Kier alpha value is -1.86. The van der Waals surface area contributed by atoms with Gasteiger partial charge in [0.25, 0.3) is 0 Å². The highest BCUT2D eigenvalue weighted by molar-refractivity contribution is 7.89. The Bertz CT molecular complexity index is 774. The van der Waals surface area contributed by atoms with E-state index in [1.807, 2.05) is 45.9 Å². The molecule has 0 heterocycles. The van der Waals surface area contributed by atoms with Crippen molar-refractivity contribution in [2.24, 2.45) is 5.92 Å². The summed E-state index contributed by atoms with van der Waals surface area (Å²) in [5, 5.41) is 0. The van der Waals surface area contributed by atoms with E-state index in [1.54, 1.807) is 13.8 Å². The fourth-order valence-corrected chi connectivity index (χ4v) is 4.71. The summed E-state index contributed by atoms with van der Waals surface area (Å²) in [7, 11) is -2.45. The van der Waals surface area contributed by atoms with Crippen LogP contribution in [-0.2, 0) is 19.5 Å². The monoisotopic (exact) mass is 397 g/mol. The van der Waals surface area contributed by atoms with Crippen LogP contribution in [0.25, 0.3) is 0 Å². The van der Waals surface area contributed by atoms with E-state index in [2.05, 4.69) is 9.46 Å². The molecule has 0 saturated heterocycles. The summed E-state index contributed by atoms with van der Waals surface area (Å²) in [6.45, 7) is 11.4. The van der Waals surface area contributed by atoms with Crippen LogP contribution in [0.1, 0.15) is 43.9 Å². The molecule has 0 bridgehead atoms. The van der Waals surface area contributed by atoms with Gasteiger partial charge in [-0.25, -0.2) is 17.9 Å². The summed E-state index contributed by atoms with van der Waals surface area (Å²) in [4.78, 5) is 11.5. The zero-order valence-electron chi connectivity index (χ0n) is 17.3. The van der Waals surface area contributed by atoms with Crippen molar-refractivity contribution >= 4 is 16.2 Å². The summed E-state index contributed by atoms with van der Waals surface area (Å²) < 4.78 is 38.3. The second kappa shape index (κ2) is 9.90. The lowest BCUT2D eigenvalue weighted by Crippen LogP contribution is -2.38. The molecule has 0 saturated carbocycles. The quantitative estimate of drug-likeness (QED) is 0.529. The molecule has 0 unspecified atom stereocenters. The third-order valence-electron chi connectivity index (χ3n) is 4.29. The summed E-state index contributed by atoms with van der Waals surface area (Å²) in [6.07, 6.45) is 1.69. The van der Waals surface area contributed by atoms with Crippen LogP contribution in [0.5, 0.6) is 0 Å². The number of methoxy groups -OCH3 is 1. The number of nitrogens with one attached hydrogen (secondary N) is 1. The van der Waals surface area contributed by atoms with Crippen molar-refractivity contribution in [3.8, 4) is 0 Å². The molecule has 0 aliphatic heterocycles. The lowest BCUT2D eigenvalue weighted by Gasteiger charge is -2.22. The minimum Gasteiger partial charge on any atom is -0.438 e.